The summed E-state index contributed by atoms with van der Waals surface area (Å²) in [5.41, 5.74) is 7.02. The number of aliphatic hydroxyl groups excluding tert-OH is 1. The third kappa shape index (κ3) is 3.31. The number of hydrogen-bond acceptors (Lipinski definition) is 3. The Hall–Kier alpha value is -1.39. The van der Waals surface area contributed by atoms with Gasteiger partial charge in [-0.3, -0.25) is 4.79 Å². The molecular weight excluding hydrogens is 228 g/mol. The summed E-state index contributed by atoms with van der Waals surface area (Å²) >= 11 is 0. The van der Waals surface area contributed by atoms with E-state index in [4.69, 9.17) is 5.73 Å². The SMILES string of the molecule is N[C@H](Cc1ccccc1)C(=O)N1CCCC(O)C1. The zero-order valence-electron chi connectivity index (χ0n) is 10.5. The van der Waals surface area contributed by atoms with Gasteiger partial charge < -0.3 is 15.7 Å². The monoisotopic (exact) mass is 248 g/mol. The van der Waals surface area contributed by atoms with Gasteiger partial charge in [0.2, 0.25) is 5.91 Å². The Labute approximate surface area is 107 Å². The topological polar surface area (TPSA) is 66.6 Å². The lowest BCUT2D eigenvalue weighted by atomic mass is 10.0. The van der Waals surface area contributed by atoms with Crippen molar-refractivity contribution in [2.45, 2.75) is 31.4 Å². The van der Waals surface area contributed by atoms with Crippen LogP contribution in [0, 0.1) is 0 Å². The molecule has 1 aromatic rings. The fourth-order valence-electron chi connectivity index (χ4n) is 2.34. The zero-order valence-corrected chi connectivity index (χ0v) is 10.5. The van der Waals surface area contributed by atoms with Crippen molar-refractivity contribution >= 4 is 5.91 Å². The number of hydrogen-bond donors (Lipinski definition) is 2. The first-order valence-corrected chi connectivity index (χ1v) is 6.43. The van der Waals surface area contributed by atoms with E-state index >= 15 is 0 Å². The second kappa shape index (κ2) is 5.98. The Kier molecular flexibility index (Phi) is 4.33. The van der Waals surface area contributed by atoms with E-state index in [9.17, 15) is 9.90 Å². The first-order chi connectivity index (χ1) is 8.66. The Balaban J connectivity index is 1.92. The fraction of sp³-hybridized carbons (Fsp3) is 0.500. The van der Waals surface area contributed by atoms with Crippen molar-refractivity contribution in [1.29, 1.82) is 0 Å². The number of aliphatic hydroxyl groups is 1. The summed E-state index contributed by atoms with van der Waals surface area (Å²) in [4.78, 5) is 13.8. The lowest BCUT2D eigenvalue weighted by Gasteiger charge is -2.32. The van der Waals surface area contributed by atoms with Crippen LogP contribution in [0.5, 0.6) is 0 Å². The number of piperidine rings is 1. The molecule has 3 N–H and O–H groups in total. The van der Waals surface area contributed by atoms with Crippen molar-refractivity contribution < 1.29 is 9.90 Å². The minimum Gasteiger partial charge on any atom is -0.391 e. The average molecular weight is 248 g/mol. The van der Waals surface area contributed by atoms with Crippen molar-refractivity contribution in [2.24, 2.45) is 5.73 Å². The van der Waals surface area contributed by atoms with E-state index in [-0.39, 0.29) is 5.91 Å². The van der Waals surface area contributed by atoms with E-state index in [0.717, 1.165) is 18.4 Å². The number of carbonyl (C=O) groups excluding carboxylic acids is 1. The molecule has 1 aliphatic rings. The van der Waals surface area contributed by atoms with Crippen molar-refractivity contribution in [2.75, 3.05) is 13.1 Å². The largest absolute Gasteiger partial charge is 0.391 e. The first kappa shape index (κ1) is 13.1. The van der Waals surface area contributed by atoms with Crippen LogP contribution in [0.2, 0.25) is 0 Å². The standard InChI is InChI=1S/C14H20N2O2/c15-13(9-11-5-2-1-3-6-11)14(18)16-8-4-7-12(17)10-16/h1-3,5-6,12-13,17H,4,7-10,15H2/t12?,13-/m1/s1. The number of benzene rings is 1. The minimum absolute atomic E-state index is 0.0578. The van der Waals surface area contributed by atoms with E-state index in [0.29, 0.717) is 19.5 Å². The molecule has 0 radical (unpaired) electrons. The summed E-state index contributed by atoms with van der Waals surface area (Å²) in [7, 11) is 0. The van der Waals surface area contributed by atoms with E-state index in [2.05, 4.69) is 0 Å². The zero-order chi connectivity index (χ0) is 13.0. The molecule has 2 atom stereocenters. The Bertz CT molecular complexity index is 394. The number of rotatable bonds is 3. The molecule has 4 nitrogen and oxygen atoms in total. The Morgan fingerprint density at radius 3 is 2.83 bits per heavy atom. The molecule has 1 aliphatic heterocycles. The molecule has 4 heteroatoms. The van der Waals surface area contributed by atoms with Gasteiger partial charge in [0.1, 0.15) is 0 Å². The van der Waals surface area contributed by atoms with Gasteiger partial charge in [-0.05, 0) is 24.8 Å². The molecule has 0 bridgehead atoms. The van der Waals surface area contributed by atoms with Crippen molar-refractivity contribution in [3.05, 3.63) is 35.9 Å². The number of likely N-dealkylation sites (tertiary alicyclic amines) is 1. The summed E-state index contributed by atoms with van der Waals surface area (Å²) < 4.78 is 0. The van der Waals surface area contributed by atoms with Gasteiger partial charge in [0.15, 0.2) is 0 Å². The summed E-state index contributed by atoms with van der Waals surface area (Å²) in [5, 5.41) is 9.57. The predicted molar refractivity (Wildman–Crippen MR) is 69.9 cm³/mol. The summed E-state index contributed by atoms with van der Waals surface area (Å²) in [6, 6.07) is 9.25. The van der Waals surface area contributed by atoms with Gasteiger partial charge in [-0.15, -0.1) is 0 Å². The molecule has 2 rings (SSSR count). The Morgan fingerprint density at radius 1 is 1.44 bits per heavy atom. The number of carbonyl (C=O) groups is 1. The molecule has 1 saturated heterocycles. The average Bonchev–Trinajstić information content (AvgIpc) is 2.39. The number of β-amino-alcohol motifs (C(OH)–C–C–N with tert-alkyl or cyclic N) is 1. The van der Waals surface area contributed by atoms with Crippen LogP contribution in [0.4, 0.5) is 0 Å². The maximum Gasteiger partial charge on any atom is 0.239 e. The third-order valence-electron chi connectivity index (χ3n) is 3.32. The van der Waals surface area contributed by atoms with E-state index < -0.39 is 12.1 Å². The quantitative estimate of drug-likeness (QED) is 0.820. The van der Waals surface area contributed by atoms with Crippen molar-refractivity contribution in [3.63, 3.8) is 0 Å². The van der Waals surface area contributed by atoms with Gasteiger partial charge >= 0.3 is 0 Å². The van der Waals surface area contributed by atoms with Crippen LogP contribution in [0.3, 0.4) is 0 Å². The Morgan fingerprint density at radius 2 is 2.17 bits per heavy atom. The van der Waals surface area contributed by atoms with Crippen LogP contribution >= 0.6 is 0 Å². The highest BCUT2D eigenvalue weighted by atomic mass is 16.3. The molecule has 1 heterocycles. The number of amides is 1. The third-order valence-corrected chi connectivity index (χ3v) is 3.32. The lowest BCUT2D eigenvalue weighted by Crippen LogP contribution is -2.50. The summed E-state index contributed by atoms with van der Waals surface area (Å²) in [6.45, 7) is 1.12. The van der Waals surface area contributed by atoms with Crippen molar-refractivity contribution in [3.8, 4) is 0 Å². The molecule has 1 amide bonds. The van der Waals surface area contributed by atoms with Gasteiger partial charge in [-0.2, -0.15) is 0 Å². The molecule has 18 heavy (non-hydrogen) atoms. The summed E-state index contributed by atoms with van der Waals surface area (Å²) in [6.07, 6.45) is 1.78. The molecule has 1 aromatic carbocycles. The summed E-state index contributed by atoms with van der Waals surface area (Å²) in [5.74, 6) is -0.0578. The predicted octanol–water partition coefficient (Wildman–Crippen LogP) is 0.540. The smallest absolute Gasteiger partial charge is 0.239 e. The minimum atomic E-state index is -0.516. The molecule has 1 fully saturated rings. The van der Waals surface area contributed by atoms with E-state index in [1.807, 2.05) is 30.3 Å². The highest BCUT2D eigenvalue weighted by Crippen LogP contribution is 2.12. The normalized spacial score (nSPS) is 21.7. The van der Waals surface area contributed by atoms with Gasteiger partial charge in [-0.1, -0.05) is 30.3 Å². The molecule has 0 aromatic heterocycles. The van der Waals surface area contributed by atoms with Crippen molar-refractivity contribution in [1.82, 2.24) is 4.90 Å². The van der Waals surface area contributed by atoms with Crippen LogP contribution in [0.25, 0.3) is 0 Å². The van der Waals surface area contributed by atoms with E-state index in [1.165, 1.54) is 0 Å². The number of nitrogens with two attached hydrogens (primary N) is 1. The van der Waals surface area contributed by atoms with Crippen LogP contribution in [0.15, 0.2) is 30.3 Å². The van der Waals surface area contributed by atoms with Crippen LogP contribution in [-0.2, 0) is 11.2 Å². The lowest BCUT2D eigenvalue weighted by molar-refractivity contribution is -0.135. The fourth-order valence-corrected chi connectivity index (χ4v) is 2.34. The van der Waals surface area contributed by atoms with Gasteiger partial charge in [0.05, 0.1) is 12.1 Å². The van der Waals surface area contributed by atoms with Crippen LogP contribution in [0.1, 0.15) is 18.4 Å². The van der Waals surface area contributed by atoms with Crippen LogP contribution < -0.4 is 5.73 Å². The maximum atomic E-state index is 12.1. The second-order valence-corrected chi connectivity index (χ2v) is 4.88. The highest BCUT2D eigenvalue weighted by molar-refractivity contribution is 5.82. The molecule has 0 spiro atoms. The molecule has 98 valence electrons. The molecule has 0 saturated carbocycles. The second-order valence-electron chi connectivity index (χ2n) is 4.88. The van der Waals surface area contributed by atoms with Gasteiger partial charge in [0.25, 0.3) is 0 Å². The van der Waals surface area contributed by atoms with Crippen LogP contribution in [-0.4, -0.2) is 41.1 Å². The van der Waals surface area contributed by atoms with Gasteiger partial charge in [0, 0.05) is 13.1 Å². The maximum absolute atomic E-state index is 12.1. The molecular formula is C14H20N2O2. The van der Waals surface area contributed by atoms with Gasteiger partial charge in [-0.25, -0.2) is 0 Å². The molecule has 1 unspecified atom stereocenters. The highest BCUT2D eigenvalue weighted by Gasteiger charge is 2.25. The first-order valence-electron chi connectivity index (χ1n) is 6.43. The number of nitrogens with zero attached hydrogens (tertiary/aromatic N) is 1. The molecule has 0 aliphatic carbocycles. The van der Waals surface area contributed by atoms with E-state index in [1.54, 1.807) is 4.90 Å².